The van der Waals surface area contributed by atoms with Gasteiger partial charge in [-0.15, -0.1) is 0 Å². The number of likely N-dealkylation sites (N-methyl/N-ethyl adjacent to an activating group) is 1. The van der Waals surface area contributed by atoms with E-state index in [-0.39, 0.29) is 28.6 Å². The van der Waals surface area contributed by atoms with Gasteiger partial charge in [0.1, 0.15) is 0 Å². The molecule has 1 rings (SSSR count). The second kappa shape index (κ2) is 6.55. The van der Waals surface area contributed by atoms with Gasteiger partial charge in [0.15, 0.2) is 0 Å². The zero-order valence-electron chi connectivity index (χ0n) is 11.4. The Labute approximate surface area is 123 Å². The van der Waals surface area contributed by atoms with Gasteiger partial charge in [-0.25, -0.2) is 0 Å². The van der Waals surface area contributed by atoms with E-state index in [1.54, 1.807) is 6.07 Å². The van der Waals surface area contributed by atoms with Crippen LogP contribution in [0.2, 0.25) is 10.0 Å². The zero-order valence-corrected chi connectivity index (χ0v) is 12.9. The summed E-state index contributed by atoms with van der Waals surface area (Å²) >= 11 is 11.9. The first-order valence-electron chi connectivity index (χ1n) is 6.10. The standard InChI is InChI=1S/C13H18Cl2N2O2/c1-7(2)13(8(3)16-4)9-5-10(14)11(15)6-12(9)17(18)19/h5-8,13,16H,1-4H3. The fraction of sp³-hybridized carbons (Fsp3) is 0.538. The fourth-order valence-electron chi connectivity index (χ4n) is 2.36. The molecule has 1 aromatic rings. The second-order valence-electron chi connectivity index (χ2n) is 4.93. The van der Waals surface area contributed by atoms with E-state index in [9.17, 15) is 10.1 Å². The summed E-state index contributed by atoms with van der Waals surface area (Å²) in [7, 11) is 1.84. The summed E-state index contributed by atoms with van der Waals surface area (Å²) in [5.41, 5.74) is 0.645. The Morgan fingerprint density at radius 1 is 1.21 bits per heavy atom. The van der Waals surface area contributed by atoms with E-state index in [0.29, 0.717) is 10.6 Å². The molecular formula is C13H18Cl2N2O2. The average Bonchev–Trinajstić information content (AvgIpc) is 2.32. The molecule has 0 fully saturated rings. The molecule has 1 aromatic carbocycles. The molecule has 0 aliphatic heterocycles. The van der Waals surface area contributed by atoms with Crippen molar-refractivity contribution in [2.75, 3.05) is 7.05 Å². The van der Waals surface area contributed by atoms with E-state index in [1.807, 2.05) is 27.8 Å². The molecule has 0 bridgehead atoms. The number of rotatable bonds is 5. The number of nitrogens with one attached hydrogen (secondary N) is 1. The van der Waals surface area contributed by atoms with Crippen molar-refractivity contribution < 1.29 is 4.92 Å². The molecule has 19 heavy (non-hydrogen) atoms. The van der Waals surface area contributed by atoms with Gasteiger partial charge in [0, 0.05) is 23.6 Å². The Balaban J connectivity index is 3.44. The summed E-state index contributed by atoms with van der Waals surface area (Å²) in [5, 5.41) is 14.9. The lowest BCUT2D eigenvalue weighted by Gasteiger charge is -2.27. The third-order valence-corrected chi connectivity index (χ3v) is 4.06. The van der Waals surface area contributed by atoms with Gasteiger partial charge in [-0.2, -0.15) is 0 Å². The lowest BCUT2D eigenvalue weighted by molar-refractivity contribution is -0.385. The number of nitrogens with zero attached hydrogens (tertiary/aromatic N) is 1. The van der Waals surface area contributed by atoms with Crippen LogP contribution in [0.5, 0.6) is 0 Å². The van der Waals surface area contributed by atoms with Gasteiger partial charge in [0.2, 0.25) is 0 Å². The fourth-order valence-corrected chi connectivity index (χ4v) is 2.69. The molecule has 0 spiro atoms. The SMILES string of the molecule is CNC(C)C(c1cc(Cl)c(Cl)cc1[N+](=O)[O-])C(C)C. The molecule has 0 radical (unpaired) electrons. The molecule has 1 N–H and O–H groups in total. The highest BCUT2D eigenvalue weighted by Gasteiger charge is 2.29. The Kier molecular flexibility index (Phi) is 5.59. The molecule has 0 aromatic heterocycles. The highest BCUT2D eigenvalue weighted by molar-refractivity contribution is 6.42. The Morgan fingerprint density at radius 3 is 2.16 bits per heavy atom. The van der Waals surface area contributed by atoms with Gasteiger partial charge in [-0.05, 0) is 26.0 Å². The molecule has 6 heteroatoms. The summed E-state index contributed by atoms with van der Waals surface area (Å²) in [4.78, 5) is 10.8. The molecule has 0 aliphatic carbocycles. The quantitative estimate of drug-likeness (QED) is 0.653. The van der Waals surface area contributed by atoms with Crippen LogP contribution >= 0.6 is 23.2 Å². The molecule has 0 saturated carbocycles. The minimum atomic E-state index is -0.407. The van der Waals surface area contributed by atoms with Gasteiger partial charge in [0.25, 0.3) is 5.69 Å². The van der Waals surface area contributed by atoms with Crippen LogP contribution in [-0.2, 0) is 0 Å². The van der Waals surface area contributed by atoms with E-state index in [0.717, 1.165) is 0 Å². The lowest BCUT2D eigenvalue weighted by Crippen LogP contribution is -2.32. The summed E-state index contributed by atoms with van der Waals surface area (Å²) in [6, 6.07) is 3.04. The van der Waals surface area contributed by atoms with Gasteiger partial charge in [-0.3, -0.25) is 10.1 Å². The Hall–Kier alpha value is -0.840. The van der Waals surface area contributed by atoms with Gasteiger partial charge < -0.3 is 5.32 Å². The minimum absolute atomic E-state index is 0.0137. The third kappa shape index (κ3) is 3.59. The van der Waals surface area contributed by atoms with Gasteiger partial charge in [0.05, 0.1) is 15.0 Å². The predicted molar refractivity (Wildman–Crippen MR) is 79.2 cm³/mol. The molecule has 0 aliphatic rings. The van der Waals surface area contributed by atoms with Crippen LogP contribution in [0.3, 0.4) is 0 Å². The predicted octanol–water partition coefficient (Wildman–Crippen LogP) is 4.25. The largest absolute Gasteiger partial charge is 0.317 e. The first-order valence-corrected chi connectivity index (χ1v) is 6.85. The molecule has 0 heterocycles. The van der Waals surface area contributed by atoms with E-state index < -0.39 is 4.92 Å². The van der Waals surface area contributed by atoms with Crippen LogP contribution in [0.1, 0.15) is 32.3 Å². The molecule has 106 valence electrons. The second-order valence-corrected chi connectivity index (χ2v) is 5.74. The van der Waals surface area contributed by atoms with Gasteiger partial charge >= 0.3 is 0 Å². The van der Waals surface area contributed by atoms with E-state index >= 15 is 0 Å². The van der Waals surface area contributed by atoms with Crippen molar-refractivity contribution in [3.63, 3.8) is 0 Å². The van der Waals surface area contributed by atoms with Crippen molar-refractivity contribution in [3.8, 4) is 0 Å². The van der Waals surface area contributed by atoms with Crippen molar-refractivity contribution in [2.24, 2.45) is 5.92 Å². The van der Waals surface area contributed by atoms with Crippen molar-refractivity contribution in [2.45, 2.75) is 32.7 Å². The lowest BCUT2D eigenvalue weighted by atomic mass is 9.82. The number of nitro benzene ring substituents is 1. The maximum Gasteiger partial charge on any atom is 0.274 e. The maximum absolute atomic E-state index is 11.2. The summed E-state index contributed by atoms with van der Waals surface area (Å²) < 4.78 is 0. The monoisotopic (exact) mass is 304 g/mol. The molecular weight excluding hydrogens is 287 g/mol. The zero-order chi connectivity index (χ0) is 14.7. The Morgan fingerprint density at radius 2 is 1.74 bits per heavy atom. The maximum atomic E-state index is 11.2. The summed E-state index contributed by atoms with van der Waals surface area (Å²) in [6.45, 7) is 6.06. The van der Waals surface area contributed by atoms with E-state index in [2.05, 4.69) is 5.32 Å². The highest BCUT2D eigenvalue weighted by atomic mass is 35.5. The van der Waals surface area contributed by atoms with E-state index in [1.165, 1.54) is 6.07 Å². The average molecular weight is 305 g/mol. The molecule has 4 nitrogen and oxygen atoms in total. The number of benzene rings is 1. The normalized spacial score (nSPS) is 14.5. The molecule has 0 amide bonds. The summed E-state index contributed by atoms with van der Waals surface area (Å²) in [5.74, 6) is 0.221. The first kappa shape index (κ1) is 16.2. The third-order valence-electron chi connectivity index (χ3n) is 3.34. The molecule has 2 unspecified atom stereocenters. The van der Waals surface area contributed by atoms with Crippen molar-refractivity contribution in [3.05, 3.63) is 37.9 Å². The van der Waals surface area contributed by atoms with Crippen LogP contribution in [0.15, 0.2) is 12.1 Å². The topological polar surface area (TPSA) is 55.2 Å². The number of hydrogen-bond donors (Lipinski definition) is 1. The van der Waals surface area contributed by atoms with Crippen molar-refractivity contribution >= 4 is 28.9 Å². The van der Waals surface area contributed by atoms with Crippen LogP contribution in [-0.4, -0.2) is 18.0 Å². The van der Waals surface area contributed by atoms with E-state index in [4.69, 9.17) is 23.2 Å². The van der Waals surface area contributed by atoms with Crippen LogP contribution in [0, 0.1) is 16.0 Å². The van der Waals surface area contributed by atoms with Crippen LogP contribution in [0.25, 0.3) is 0 Å². The first-order chi connectivity index (χ1) is 8.79. The number of halogens is 2. The van der Waals surface area contributed by atoms with Crippen molar-refractivity contribution in [1.29, 1.82) is 0 Å². The smallest absolute Gasteiger partial charge is 0.274 e. The van der Waals surface area contributed by atoms with Gasteiger partial charge in [-0.1, -0.05) is 37.0 Å². The Bertz CT molecular complexity index is 478. The number of nitro groups is 1. The van der Waals surface area contributed by atoms with Crippen LogP contribution < -0.4 is 5.32 Å². The van der Waals surface area contributed by atoms with Crippen molar-refractivity contribution in [1.82, 2.24) is 5.32 Å². The summed E-state index contributed by atoms with van der Waals surface area (Å²) in [6.07, 6.45) is 0. The number of hydrogen-bond acceptors (Lipinski definition) is 3. The minimum Gasteiger partial charge on any atom is -0.317 e. The molecule has 2 atom stereocenters. The molecule has 0 saturated heterocycles. The van der Waals surface area contributed by atoms with Crippen LogP contribution in [0.4, 0.5) is 5.69 Å². The highest BCUT2D eigenvalue weighted by Crippen LogP contribution is 2.39.